The summed E-state index contributed by atoms with van der Waals surface area (Å²) in [5.41, 5.74) is 4.18. The molecule has 0 amide bonds. The summed E-state index contributed by atoms with van der Waals surface area (Å²) in [6.45, 7) is 13.8. The highest BCUT2D eigenvalue weighted by Gasteiger charge is 2.28. The van der Waals surface area contributed by atoms with Gasteiger partial charge in [-0.2, -0.15) is 0 Å². The molecule has 7 nitrogen and oxygen atoms in total. The maximum absolute atomic E-state index is 12.6. The summed E-state index contributed by atoms with van der Waals surface area (Å²) in [5.74, 6) is 0.145. The predicted molar refractivity (Wildman–Crippen MR) is 139 cm³/mol. The molecule has 1 saturated heterocycles. The molecule has 0 aromatic carbocycles. The van der Waals surface area contributed by atoms with Crippen LogP contribution in [0.15, 0.2) is 22.3 Å². The molecule has 3 rings (SSSR count). The number of rotatable bonds is 9. The van der Waals surface area contributed by atoms with Crippen molar-refractivity contribution in [2.45, 2.75) is 73.6 Å². The van der Waals surface area contributed by atoms with Gasteiger partial charge in [-0.3, -0.25) is 9.79 Å². The van der Waals surface area contributed by atoms with E-state index in [1.165, 1.54) is 16.9 Å². The van der Waals surface area contributed by atoms with Crippen LogP contribution in [-0.2, 0) is 4.79 Å². The van der Waals surface area contributed by atoms with Crippen molar-refractivity contribution in [2.75, 3.05) is 18.0 Å². The summed E-state index contributed by atoms with van der Waals surface area (Å²) >= 11 is 1.41. The number of nitrogens with zero attached hydrogens (tertiary/aromatic N) is 4. The van der Waals surface area contributed by atoms with E-state index in [9.17, 15) is 14.7 Å². The molecule has 1 unspecified atom stereocenters. The van der Waals surface area contributed by atoms with E-state index in [1.807, 2.05) is 19.9 Å². The number of anilines is 1. The van der Waals surface area contributed by atoms with Crippen molar-refractivity contribution < 1.29 is 14.7 Å². The second-order valence-corrected chi connectivity index (χ2v) is 10.4. The van der Waals surface area contributed by atoms with E-state index in [-0.39, 0.29) is 11.5 Å². The fourth-order valence-electron chi connectivity index (χ4n) is 4.40. The molecule has 0 bridgehead atoms. The van der Waals surface area contributed by atoms with Gasteiger partial charge < -0.3 is 10.0 Å². The zero-order valence-electron chi connectivity index (χ0n) is 21.1. The van der Waals surface area contributed by atoms with Gasteiger partial charge in [0.25, 0.3) is 0 Å². The van der Waals surface area contributed by atoms with Crippen molar-refractivity contribution >= 4 is 44.1 Å². The summed E-state index contributed by atoms with van der Waals surface area (Å²) < 4.78 is 0.631. The van der Waals surface area contributed by atoms with Crippen molar-refractivity contribution in [2.24, 2.45) is 16.8 Å². The van der Waals surface area contributed by atoms with Crippen molar-refractivity contribution in [1.29, 1.82) is 0 Å². The molecular weight excluding hydrogens is 448 g/mol. The fraction of sp³-hybridized carbons (Fsp3) is 0.577. The quantitative estimate of drug-likeness (QED) is 0.434. The lowest BCUT2D eigenvalue weighted by Crippen LogP contribution is -2.39. The minimum absolute atomic E-state index is 0.0791. The zero-order chi connectivity index (χ0) is 25.0. The van der Waals surface area contributed by atoms with Gasteiger partial charge in [0.2, 0.25) is 0 Å². The Morgan fingerprint density at radius 1 is 1.26 bits per heavy atom. The Balaban J connectivity index is 1.65. The molecule has 2 aromatic heterocycles. The Labute approximate surface area is 206 Å². The normalized spacial score (nSPS) is 19.9. The minimum Gasteiger partial charge on any atom is -0.476 e. The van der Waals surface area contributed by atoms with Gasteiger partial charge in [-0.25, -0.2) is 14.8 Å². The van der Waals surface area contributed by atoms with Gasteiger partial charge in [0.1, 0.15) is 0 Å². The number of carbonyl (C=O) groups is 2. The van der Waals surface area contributed by atoms with Crippen LogP contribution in [0.5, 0.6) is 0 Å². The molecule has 0 radical (unpaired) electrons. The van der Waals surface area contributed by atoms with Gasteiger partial charge in [0, 0.05) is 30.9 Å². The summed E-state index contributed by atoms with van der Waals surface area (Å²) in [5, 5.41) is 10.4. The van der Waals surface area contributed by atoms with Crippen molar-refractivity contribution in [3.8, 4) is 0 Å². The van der Waals surface area contributed by atoms with Crippen molar-refractivity contribution in [1.82, 2.24) is 9.97 Å². The Kier molecular flexibility index (Phi) is 8.57. The zero-order valence-corrected chi connectivity index (χ0v) is 22.0. The van der Waals surface area contributed by atoms with Crippen molar-refractivity contribution in [3.63, 3.8) is 0 Å². The third-order valence-corrected chi connectivity index (χ3v) is 8.08. The molecule has 1 aliphatic heterocycles. The highest BCUT2D eigenvalue weighted by atomic mass is 32.1. The van der Waals surface area contributed by atoms with Crippen LogP contribution in [0, 0.1) is 18.8 Å². The second kappa shape index (κ2) is 11.2. The average molecular weight is 485 g/mol. The van der Waals surface area contributed by atoms with E-state index < -0.39 is 5.97 Å². The molecule has 1 fully saturated rings. The molecule has 3 heterocycles. The number of hydrogen-bond donors (Lipinski definition) is 1. The molecular formula is C26H36N4O3S. The lowest BCUT2D eigenvalue weighted by Gasteiger charge is -2.37. The summed E-state index contributed by atoms with van der Waals surface area (Å²) in [4.78, 5) is 40.0. The van der Waals surface area contributed by atoms with Gasteiger partial charge in [-0.1, -0.05) is 30.8 Å². The average Bonchev–Trinajstić information content (AvgIpc) is 3.22. The van der Waals surface area contributed by atoms with Crippen LogP contribution in [0.4, 0.5) is 5.13 Å². The molecule has 1 aliphatic rings. The van der Waals surface area contributed by atoms with Crippen LogP contribution in [0.3, 0.4) is 0 Å². The minimum atomic E-state index is -1.02. The number of allylic oxidation sites excluding steroid dienone is 2. The molecule has 184 valence electrons. The van der Waals surface area contributed by atoms with E-state index in [0.717, 1.165) is 49.6 Å². The topological polar surface area (TPSA) is 95.8 Å². The van der Waals surface area contributed by atoms with Gasteiger partial charge in [0.05, 0.1) is 15.9 Å². The molecule has 34 heavy (non-hydrogen) atoms. The number of piperidine rings is 1. The Hall–Kier alpha value is -2.61. The number of aliphatic imine (C=N–C) groups is 1. The Morgan fingerprint density at radius 2 is 2.00 bits per heavy atom. The van der Waals surface area contributed by atoms with E-state index in [4.69, 9.17) is 4.98 Å². The third-order valence-electron chi connectivity index (χ3n) is 6.94. The first-order valence-electron chi connectivity index (χ1n) is 12.1. The van der Waals surface area contributed by atoms with E-state index >= 15 is 0 Å². The monoisotopic (exact) mass is 484 g/mol. The summed E-state index contributed by atoms with van der Waals surface area (Å²) in [7, 11) is 0. The van der Waals surface area contributed by atoms with Crippen LogP contribution in [0.2, 0.25) is 0 Å². The van der Waals surface area contributed by atoms with Crippen LogP contribution in [-0.4, -0.2) is 45.6 Å². The lowest BCUT2D eigenvalue weighted by molar-refractivity contribution is -0.113. The van der Waals surface area contributed by atoms with Crippen LogP contribution in [0.1, 0.15) is 82.9 Å². The number of aromatic carboxylic acids is 1. The summed E-state index contributed by atoms with van der Waals surface area (Å²) in [6.07, 6.45) is 4.33. The number of hydrogen-bond acceptors (Lipinski definition) is 7. The smallest absolute Gasteiger partial charge is 0.356 e. The number of aromatic nitrogens is 2. The first-order chi connectivity index (χ1) is 16.1. The number of thiazole rings is 1. The predicted octanol–water partition coefficient (Wildman–Crippen LogP) is 6.06. The molecule has 0 saturated carbocycles. The van der Waals surface area contributed by atoms with Crippen LogP contribution in [0.25, 0.3) is 10.2 Å². The number of carboxylic acid groups (broad SMARTS) is 1. The van der Waals surface area contributed by atoms with E-state index in [0.29, 0.717) is 39.9 Å². The number of aryl methyl sites for hydroxylation is 1. The van der Waals surface area contributed by atoms with Crippen LogP contribution < -0.4 is 4.90 Å². The lowest BCUT2D eigenvalue weighted by atomic mass is 9.83. The Morgan fingerprint density at radius 3 is 2.68 bits per heavy atom. The molecule has 0 spiro atoms. The first kappa shape index (κ1) is 26.0. The second-order valence-electron chi connectivity index (χ2n) is 9.47. The molecule has 2 atom stereocenters. The van der Waals surface area contributed by atoms with Gasteiger partial charge >= 0.3 is 5.97 Å². The maximum Gasteiger partial charge on any atom is 0.356 e. The van der Waals surface area contributed by atoms with Crippen molar-refractivity contribution in [3.05, 3.63) is 28.7 Å². The largest absolute Gasteiger partial charge is 0.476 e. The highest BCUT2D eigenvalue weighted by Crippen LogP contribution is 2.36. The van der Waals surface area contributed by atoms with Gasteiger partial charge in [0.15, 0.2) is 16.6 Å². The molecule has 2 aromatic rings. The standard InChI is InChI=1S/C26H36N4O3S/c1-7-15(2)18(5)28-19(6)22(31)10-8-9-20-14-30(12-11-16(20)3)26-29-21-13-17(4)27-23(25(32)33)24(21)34-26/h13,16,20H,7-12,14H2,1-6H3,(H,32,33)/b18-15+,28-19?/t16-,20?/m1/s1. The van der Waals surface area contributed by atoms with Gasteiger partial charge in [-0.15, -0.1) is 0 Å². The highest BCUT2D eigenvalue weighted by molar-refractivity contribution is 7.22. The van der Waals surface area contributed by atoms with Crippen LogP contribution >= 0.6 is 11.3 Å². The van der Waals surface area contributed by atoms with Gasteiger partial charge in [-0.05, 0) is 71.3 Å². The fourth-order valence-corrected chi connectivity index (χ4v) is 5.46. The summed E-state index contributed by atoms with van der Waals surface area (Å²) in [6, 6.07) is 1.85. The third kappa shape index (κ3) is 6.09. The number of carbonyl (C=O) groups excluding carboxylic acids is 1. The number of fused-ring (bicyclic) bond motifs is 1. The first-order valence-corrected chi connectivity index (χ1v) is 12.9. The SMILES string of the molecule is CC/C(C)=C(\C)N=C(C)C(=O)CCCC1CN(c2nc3cc(C)nc(C(=O)O)c3s2)CC[C@H]1C. The number of pyridine rings is 1. The Bertz CT molecular complexity index is 1130. The van der Waals surface area contributed by atoms with E-state index in [1.54, 1.807) is 6.92 Å². The molecule has 1 N–H and O–H groups in total. The number of Topliss-reactive ketones (excluding diaryl/α,β-unsaturated/α-hetero) is 1. The number of carboxylic acids is 1. The maximum atomic E-state index is 12.6. The van der Waals surface area contributed by atoms with E-state index in [2.05, 4.69) is 35.6 Å². The molecule has 8 heteroatoms. The number of ketones is 1. The molecule has 0 aliphatic carbocycles.